The van der Waals surface area contributed by atoms with Gasteiger partial charge in [0.1, 0.15) is 18.2 Å². The van der Waals surface area contributed by atoms with Crippen LogP contribution < -0.4 is 4.74 Å². The number of halogens is 1. The molecular weight excluding hydrogens is 339 g/mol. The molecule has 0 saturated heterocycles. The molecule has 0 aliphatic heterocycles. The van der Waals surface area contributed by atoms with Crippen molar-refractivity contribution in [1.82, 2.24) is 20.2 Å². The minimum Gasteiger partial charge on any atom is -0.489 e. The fourth-order valence-electron chi connectivity index (χ4n) is 2.22. The Labute approximate surface area is 149 Å². The quantitative estimate of drug-likeness (QED) is 0.606. The van der Waals surface area contributed by atoms with Crippen molar-refractivity contribution in [2.45, 2.75) is 20.1 Å². The third-order valence-electron chi connectivity index (χ3n) is 3.49. The lowest BCUT2D eigenvalue weighted by molar-refractivity contribution is -0.144. The lowest BCUT2D eigenvalue weighted by Gasteiger charge is -2.07. The van der Waals surface area contributed by atoms with Crippen molar-refractivity contribution in [2.24, 2.45) is 0 Å². The second kappa shape index (κ2) is 8.19. The molecule has 0 aliphatic rings. The number of ether oxygens (including phenoxy) is 2. The molecule has 0 spiro atoms. The topological polar surface area (TPSA) is 79.1 Å². The summed E-state index contributed by atoms with van der Waals surface area (Å²) >= 11 is 0. The highest BCUT2D eigenvalue weighted by atomic mass is 19.1. The number of nitrogens with zero attached hydrogens (tertiary/aromatic N) is 4. The Morgan fingerprint density at radius 1 is 1.15 bits per heavy atom. The van der Waals surface area contributed by atoms with Gasteiger partial charge in [-0.1, -0.05) is 18.2 Å². The summed E-state index contributed by atoms with van der Waals surface area (Å²) in [5.74, 6) is 0.255. The zero-order valence-corrected chi connectivity index (χ0v) is 14.1. The number of tetrazole rings is 1. The van der Waals surface area contributed by atoms with Crippen LogP contribution in [0.2, 0.25) is 0 Å². The average molecular weight is 356 g/mol. The molecule has 2 aromatic carbocycles. The van der Waals surface area contributed by atoms with Gasteiger partial charge in [0.15, 0.2) is 6.54 Å². The largest absolute Gasteiger partial charge is 0.489 e. The monoisotopic (exact) mass is 356 g/mol. The maximum Gasteiger partial charge on any atom is 0.329 e. The third kappa shape index (κ3) is 4.41. The van der Waals surface area contributed by atoms with Gasteiger partial charge in [-0.25, -0.2) is 9.18 Å². The molecule has 134 valence electrons. The Bertz CT molecular complexity index is 880. The maximum absolute atomic E-state index is 13.6. The highest BCUT2D eigenvalue weighted by Gasteiger charge is 2.10. The molecule has 7 nitrogen and oxygen atoms in total. The minimum atomic E-state index is -0.423. The smallest absolute Gasteiger partial charge is 0.329 e. The molecule has 0 saturated carbocycles. The highest BCUT2D eigenvalue weighted by molar-refractivity contribution is 5.68. The van der Waals surface area contributed by atoms with E-state index in [0.717, 1.165) is 5.56 Å². The van der Waals surface area contributed by atoms with Gasteiger partial charge < -0.3 is 9.47 Å². The second-order valence-corrected chi connectivity index (χ2v) is 5.35. The van der Waals surface area contributed by atoms with Gasteiger partial charge in [-0.05, 0) is 42.5 Å². The first-order valence-electron chi connectivity index (χ1n) is 8.06. The molecule has 26 heavy (non-hydrogen) atoms. The summed E-state index contributed by atoms with van der Waals surface area (Å²) in [6.07, 6.45) is 0. The standard InChI is InChI=1S/C18H17FN4O3/c1-2-25-17(24)11-23-21-18(20-22-23)13-7-9-15(10-8-13)26-12-14-5-3-4-6-16(14)19/h3-10H,2,11-12H2,1H3. The molecule has 0 fully saturated rings. The van der Waals surface area contributed by atoms with Crippen LogP contribution in [0.3, 0.4) is 0 Å². The first kappa shape index (κ1) is 17.5. The number of carbonyl (C=O) groups excluding carboxylic acids is 1. The molecule has 0 radical (unpaired) electrons. The summed E-state index contributed by atoms with van der Waals surface area (Å²) in [6.45, 7) is 2.08. The van der Waals surface area contributed by atoms with E-state index in [0.29, 0.717) is 23.7 Å². The summed E-state index contributed by atoms with van der Waals surface area (Å²) in [5.41, 5.74) is 1.21. The summed E-state index contributed by atoms with van der Waals surface area (Å²) in [5, 5.41) is 11.9. The molecule has 3 aromatic rings. The zero-order chi connectivity index (χ0) is 18.4. The van der Waals surface area contributed by atoms with Crippen LogP contribution >= 0.6 is 0 Å². The molecule has 0 aliphatic carbocycles. The first-order chi connectivity index (χ1) is 12.7. The zero-order valence-electron chi connectivity index (χ0n) is 14.1. The highest BCUT2D eigenvalue weighted by Crippen LogP contribution is 2.20. The van der Waals surface area contributed by atoms with Crippen LogP contribution in [0.5, 0.6) is 5.75 Å². The SMILES string of the molecule is CCOC(=O)Cn1nnc(-c2ccc(OCc3ccccc3F)cc2)n1. The number of rotatable bonds is 7. The Kier molecular flexibility index (Phi) is 5.52. The van der Waals surface area contributed by atoms with E-state index in [1.165, 1.54) is 10.9 Å². The van der Waals surface area contributed by atoms with Crippen LogP contribution in [0.15, 0.2) is 48.5 Å². The van der Waals surface area contributed by atoms with Crippen molar-refractivity contribution < 1.29 is 18.7 Å². The lowest BCUT2D eigenvalue weighted by Crippen LogP contribution is -2.15. The molecule has 0 N–H and O–H groups in total. The van der Waals surface area contributed by atoms with E-state index < -0.39 is 5.97 Å². The van der Waals surface area contributed by atoms with Crippen LogP contribution in [0.1, 0.15) is 12.5 Å². The van der Waals surface area contributed by atoms with Crippen molar-refractivity contribution in [3.05, 3.63) is 59.9 Å². The number of aromatic nitrogens is 4. The van der Waals surface area contributed by atoms with Crippen molar-refractivity contribution in [1.29, 1.82) is 0 Å². The number of hydrogen-bond acceptors (Lipinski definition) is 6. The summed E-state index contributed by atoms with van der Waals surface area (Å²) in [6, 6.07) is 13.5. The Hall–Kier alpha value is -3.29. The van der Waals surface area contributed by atoms with Crippen LogP contribution in [0.4, 0.5) is 4.39 Å². The predicted octanol–water partition coefficient (Wildman–Crippen LogP) is 2.62. The average Bonchev–Trinajstić information content (AvgIpc) is 3.10. The fourth-order valence-corrected chi connectivity index (χ4v) is 2.22. The van der Waals surface area contributed by atoms with Crippen molar-refractivity contribution in [2.75, 3.05) is 6.61 Å². The van der Waals surface area contributed by atoms with Gasteiger partial charge in [-0.3, -0.25) is 0 Å². The van der Waals surface area contributed by atoms with E-state index in [1.807, 2.05) is 0 Å². The molecule has 1 aromatic heterocycles. The van der Waals surface area contributed by atoms with E-state index in [9.17, 15) is 9.18 Å². The van der Waals surface area contributed by atoms with E-state index in [2.05, 4.69) is 15.4 Å². The van der Waals surface area contributed by atoms with E-state index >= 15 is 0 Å². The van der Waals surface area contributed by atoms with Gasteiger partial charge in [-0.2, -0.15) is 4.80 Å². The number of esters is 1. The van der Waals surface area contributed by atoms with Crippen molar-refractivity contribution >= 4 is 5.97 Å². The summed E-state index contributed by atoms with van der Waals surface area (Å²) in [7, 11) is 0. The summed E-state index contributed by atoms with van der Waals surface area (Å²) in [4.78, 5) is 12.6. The number of benzene rings is 2. The molecular formula is C18H17FN4O3. The minimum absolute atomic E-state index is 0.0926. The molecule has 1 heterocycles. The molecule has 0 unspecified atom stereocenters. The fraction of sp³-hybridized carbons (Fsp3) is 0.222. The molecule has 0 atom stereocenters. The van der Waals surface area contributed by atoms with Gasteiger partial charge in [0, 0.05) is 11.1 Å². The van der Waals surface area contributed by atoms with Crippen LogP contribution in [0.25, 0.3) is 11.4 Å². The van der Waals surface area contributed by atoms with Gasteiger partial charge in [-0.15, -0.1) is 10.2 Å². The van der Waals surface area contributed by atoms with Crippen molar-refractivity contribution in [3.8, 4) is 17.1 Å². The number of carbonyl (C=O) groups is 1. The lowest BCUT2D eigenvalue weighted by atomic mass is 10.2. The van der Waals surface area contributed by atoms with Crippen LogP contribution in [-0.2, 0) is 22.7 Å². The van der Waals surface area contributed by atoms with Crippen molar-refractivity contribution in [3.63, 3.8) is 0 Å². The molecule has 3 rings (SSSR count). The Morgan fingerprint density at radius 3 is 2.65 bits per heavy atom. The van der Waals surface area contributed by atoms with E-state index in [1.54, 1.807) is 49.4 Å². The van der Waals surface area contributed by atoms with Gasteiger partial charge in [0.25, 0.3) is 0 Å². The Morgan fingerprint density at radius 2 is 1.92 bits per heavy atom. The molecule has 0 bridgehead atoms. The molecule has 8 heteroatoms. The summed E-state index contributed by atoms with van der Waals surface area (Å²) < 4.78 is 24.0. The van der Waals surface area contributed by atoms with Gasteiger partial charge in [0.05, 0.1) is 6.61 Å². The third-order valence-corrected chi connectivity index (χ3v) is 3.49. The Balaban J connectivity index is 1.62. The number of hydrogen-bond donors (Lipinski definition) is 0. The van der Waals surface area contributed by atoms with Gasteiger partial charge in [0.2, 0.25) is 5.82 Å². The van der Waals surface area contributed by atoms with E-state index in [4.69, 9.17) is 9.47 Å². The van der Waals surface area contributed by atoms with E-state index in [-0.39, 0.29) is 19.0 Å². The second-order valence-electron chi connectivity index (χ2n) is 5.35. The van der Waals surface area contributed by atoms with Gasteiger partial charge >= 0.3 is 5.97 Å². The predicted molar refractivity (Wildman–Crippen MR) is 90.6 cm³/mol. The maximum atomic E-state index is 13.6. The normalized spacial score (nSPS) is 10.5. The van der Waals surface area contributed by atoms with Crippen LogP contribution in [-0.4, -0.2) is 32.8 Å². The molecule has 0 amide bonds. The first-order valence-corrected chi connectivity index (χ1v) is 8.06. The van der Waals surface area contributed by atoms with Crippen LogP contribution in [0, 0.1) is 5.82 Å².